The van der Waals surface area contributed by atoms with Crippen LogP contribution in [0.4, 0.5) is 17.5 Å². The third-order valence-corrected chi connectivity index (χ3v) is 12.7. The van der Waals surface area contributed by atoms with E-state index in [1.165, 1.54) is 6.20 Å². The molecular weight excluding hydrogens is 1080 g/mol. The lowest BCUT2D eigenvalue weighted by atomic mass is 10.1. The highest BCUT2D eigenvalue weighted by Crippen LogP contribution is 2.35. The molecule has 0 radical (unpaired) electrons. The summed E-state index contributed by atoms with van der Waals surface area (Å²) in [5, 5.41) is 26.8. The monoisotopic (exact) mass is 1110 g/mol. The quantitative estimate of drug-likeness (QED) is 0.140. The first kappa shape index (κ1) is 49.6. The Bertz CT molecular complexity index is 4210. The van der Waals surface area contributed by atoms with Crippen molar-refractivity contribution in [3.05, 3.63) is 177 Å². The average molecular weight is 1110 g/mol. The highest BCUT2D eigenvalue weighted by molar-refractivity contribution is 9.10. The number of hydrogen-bond donors (Lipinski definition) is 3. The third kappa shape index (κ3) is 10.3. The SMILES string of the molecule is Cc1ccn(-c2nc(N)c(Br)nc2-c2cc(Cl)c3ncccc3c2)n1.Cc1ccn(-c2nc(N)c(C#N)nc2-c2cc(Cl)c3ncccc3c2)n1.Cc1ccn(-c2nc(N)cnc2-c2cc(Cl)c3ncccc3c2)n1. The molecule has 368 valence electrons. The van der Waals surface area contributed by atoms with Crippen LogP contribution < -0.4 is 17.2 Å². The van der Waals surface area contributed by atoms with E-state index in [1.807, 2.05) is 124 Å². The molecule has 0 aliphatic rings. The Balaban J connectivity index is 0.000000128. The van der Waals surface area contributed by atoms with Crippen LogP contribution in [0.5, 0.6) is 0 Å². The first-order valence-electron chi connectivity index (χ1n) is 22.5. The summed E-state index contributed by atoms with van der Waals surface area (Å²) in [5.74, 6) is 2.19. The lowest BCUT2D eigenvalue weighted by Crippen LogP contribution is -2.08. The van der Waals surface area contributed by atoms with Crippen LogP contribution >= 0.6 is 50.7 Å². The molecule has 0 fully saturated rings. The minimum atomic E-state index is 0.0490. The maximum atomic E-state index is 9.29. The normalized spacial score (nSPS) is 11.0. The lowest BCUT2D eigenvalue weighted by Gasteiger charge is -2.11. The van der Waals surface area contributed by atoms with Crippen molar-refractivity contribution in [1.29, 1.82) is 5.26 Å². The highest BCUT2D eigenvalue weighted by atomic mass is 79.9. The van der Waals surface area contributed by atoms with E-state index < -0.39 is 0 Å². The van der Waals surface area contributed by atoms with Crippen molar-refractivity contribution in [3.63, 3.8) is 0 Å². The smallest absolute Gasteiger partial charge is 0.183 e. The molecule has 9 aromatic heterocycles. The summed E-state index contributed by atoms with van der Waals surface area (Å²) in [5.41, 5.74) is 26.5. The Hall–Kier alpha value is -9.00. The second-order valence-electron chi connectivity index (χ2n) is 16.6. The average Bonchev–Trinajstić information content (AvgIpc) is 4.18. The maximum absolute atomic E-state index is 9.29. The van der Waals surface area contributed by atoms with E-state index in [1.54, 1.807) is 44.9 Å². The number of nitrogen functional groups attached to an aromatic ring is 3. The van der Waals surface area contributed by atoms with Crippen molar-refractivity contribution < 1.29 is 0 Å². The van der Waals surface area contributed by atoms with Crippen LogP contribution in [0, 0.1) is 32.1 Å². The summed E-state index contributed by atoms with van der Waals surface area (Å²) < 4.78 is 5.37. The Morgan fingerprint density at radius 3 is 1.31 bits per heavy atom. The number of aromatic nitrogens is 15. The summed E-state index contributed by atoms with van der Waals surface area (Å²) in [4.78, 5) is 39.5. The Kier molecular flexibility index (Phi) is 13.8. The first-order valence-corrected chi connectivity index (χ1v) is 24.4. The van der Waals surface area contributed by atoms with Gasteiger partial charge in [0.05, 0.1) is 54.9 Å². The molecule has 0 atom stereocenters. The van der Waals surface area contributed by atoms with Crippen LogP contribution in [0.15, 0.2) is 139 Å². The first-order chi connectivity index (χ1) is 36.2. The van der Waals surface area contributed by atoms with Gasteiger partial charge in [0.15, 0.2) is 34.8 Å². The topological polar surface area (TPSA) is 271 Å². The number of hydrogen-bond acceptors (Lipinski definition) is 16. The second-order valence-corrected chi connectivity index (χ2v) is 18.6. The molecule has 0 amide bonds. The predicted molar refractivity (Wildman–Crippen MR) is 295 cm³/mol. The summed E-state index contributed by atoms with van der Waals surface area (Å²) >= 11 is 22.6. The Labute approximate surface area is 449 Å². The van der Waals surface area contributed by atoms with Crippen LogP contribution in [0.1, 0.15) is 22.8 Å². The van der Waals surface area contributed by atoms with Crippen LogP contribution in [-0.4, -0.2) is 74.2 Å². The van der Waals surface area contributed by atoms with Crippen molar-refractivity contribution in [2.24, 2.45) is 0 Å². The van der Waals surface area contributed by atoms with E-state index in [4.69, 9.17) is 52.0 Å². The van der Waals surface area contributed by atoms with Crippen molar-refractivity contribution in [2.45, 2.75) is 20.8 Å². The van der Waals surface area contributed by atoms with Crippen molar-refractivity contribution in [2.75, 3.05) is 17.2 Å². The van der Waals surface area contributed by atoms with Gasteiger partial charge in [0.1, 0.15) is 33.6 Å². The van der Waals surface area contributed by atoms with Gasteiger partial charge in [-0.15, -0.1) is 0 Å². The standard InChI is InChI=1S/C18H12ClN7.C17H12BrClN6.C17H13ClN6/c1-10-4-6-26(25-10)18-16(23-14(9-20)17(21)24-18)12-7-11-3-2-5-22-15(11)13(19)8-12;1-9-4-6-25(24-9)17-14(22-15(18)16(20)23-17)11-7-10-3-2-5-21-13(10)12(19)8-11;1-10-4-6-24(23-10)17-16(21-9-14(19)22-17)12-7-11-3-2-5-20-15(11)13(18)8-12/h2-8H,1H3,(H2,21,24);2-8H,1H3,(H2,20,23);2-9H,1H3,(H2,19,22). The van der Waals surface area contributed by atoms with E-state index in [2.05, 4.69) is 76.1 Å². The number of nitrogens with zero attached hydrogens (tertiary/aromatic N) is 16. The molecule has 3 aromatic carbocycles. The summed E-state index contributed by atoms with van der Waals surface area (Å²) in [7, 11) is 0. The number of pyridine rings is 3. The van der Waals surface area contributed by atoms with Gasteiger partial charge in [0.2, 0.25) is 0 Å². The Morgan fingerprint density at radius 2 is 0.893 bits per heavy atom. The molecule has 9 heterocycles. The van der Waals surface area contributed by atoms with Gasteiger partial charge in [0.25, 0.3) is 0 Å². The van der Waals surface area contributed by atoms with E-state index >= 15 is 0 Å². The van der Waals surface area contributed by atoms with Gasteiger partial charge in [-0.3, -0.25) is 15.0 Å². The number of nitrogens with two attached hydrogens (primary N) is 3. The molecule has 0 aliphatic heterocycles. The molecule has 0 saturated heterocycles. The molecule has 0 bridgehead atoms. The molecule has 12 rings (SSSR count). The zero-order valence-corrected chi connectivity index (χ0v) is 43.5. The van der Waals surface area contributed by atoms with E-state index in [0.717, 1.165) is 55.4 Å². The van der Waals surface area contributed by atoms with Gasteiger partial charge in [0, 0.05) is 70.0 Å². The molecule has 12 aromatic rings. The van der Waals surface area contributed by atoms with Crippen LogP contribution in [-0.2, 0) is 0 Å². The van der Waals surface area contributed by atoms with Crippen molar-refractivity contribution >= 4 is 101 Å². The molecular formula is C52H37BrCl3N19. The number of anilines is 3. The number of nitriles is 1. The van der Waals surface area contributed by atoms with Crippen LogP contribution in [0.25, 0.3) is 83.9 Å². The van der Waals surface area contributed by atoms with Gasteiger partial charge >= 0.3 is 0 Å². The third-order valence-electron chi connectivity index (χ3n) is 11.3. The van der Waals surface area contributed by atoms with Gasteiger partial charge in [-0.05, 0) is 109 Å². The fourth-order valence-corrected chi connectivity index (χ4v) is 8.95. The molecule has 0 spiro atoms. The number of aryl methyl sites for hydroxylation is 3. The summed E-state index contributed by atoms with van der Waals surface area (Å²) in [6.45, 7) is 5.69. The molecule has 23 heteroatoms. The Morgan fingerprint density at radius 1 is 0.493 bits per heavy atom. The molecule has 0 aliphatic carbocycles. The molecule has 0 saturated carbocycles. The largest absolute Gasteiger partial charge is 0.382 e. The molecule has 75 heavy (non-hydrogen) atoms. The molecule has 6 N–H and O–H groups in total. The minimum Gasteiger partial charge on any atom is -0.382 e. The van der Waals surface area contributed by atoms with Gasteiger partial charge in [-0.25, -0.2) is 43.9 Å². The number of halogens is 4. The van der Waals surface area contributed by atoms with E-state index in [-0.39, 0.29) is 11.5 Å². The minimum absolute atomic E-state index is 0.0490. The zero-order chi connectivity index (χ0) is 52.5. The van der Waals surface area contributed by atoms with Gasteiger partial charge < -0.3 is 17.2 Å². The summed E-state index contributed by atoms with van der Waals surface area (Å²) in [6, 6.07) is 30.2. The fraction of sp³-hybridized carbons (Fsp3) is 0.0577. The number of benzene rings is 3. The van der Waals surface area contributed by atoms with Crippen LogP contribution in [0.2, 0.25) is 15.1 Å². The highest BCUT2D eigenvalue weighted by Gasteiger charge is 2.20. The van der Waals surface area contributed by atoms with Gasteiger partial charge in [-0.1, -0.05) is 53.0 Å². The molecule has 0 unspecified atom stereocenters. The predicted octanol–water partition coefficient (Wildman–Crippen LogP) is 10.9. The molecule has 19 nitrogen and oxygen atoms in total. The second kappa shape index (κ2) is 20.9. The fourth-order valence-electron chi connectivity index (χ4n) is 7.86. The van der Waals surface area contributed by atoms with Crippen molar-refractivity contribution in [1.82, 2.24) is 74.2 Å². The number of rotatable bonds is 6. The van der Waals surface area contributed by atoms with Crippen LogP contribution in [0.3, 0.4) is 0 Å². The lowest BCUT2D eigenvalue weighted by molar-refractivity contribution is 0.827. The van der Waals surface area contributed by atoms with E-state index in [0.29, 0.717) is 76.9 Å². The van der Waals surface area contributed by atoms with Gasteiger partial charge in [-0.2, -0.15) is 20.6 Å². The summed E-state index contributed by atoms with van der Waals surface area (Å²) in [6.07, 6.45) is 12.0. The zero-order valence-electron chi connectivity index (χ0n) is 39.6. The maximum Gasteiger partial charge on any atom is 0.183 e. The van der Waals surface area contributed by atoms with Crippen molar-refractivity contribution in [3.8, 4) is 57.3 Å². The number of fused-ring (bicyclic) bond motifs is 3. The van der Waals surface area contributed by atoms with E-state index in [9.17, 15) is 5.26 Å².